The third kappa shape index (κ3) is 3.66. The molecule has 98 valence electrons. The maximum Gasteiger partial charge on any atom is 0.251 e. The Labute approximate surface area is 120 Å². The Morgan fingerprint density at radius 1 is 1.16 bits per heavy atom. The van der Waals surface area contributed by atoms with Crippen LogP contribution in [-0.4, -0.2) is 18.2 Å². The molecule has 0 atom stereocenters. The minimum absolute atomic E-state index is 0.00140. The Balaban J connectivity index is 1.93. The lowest BCUT2D eigenvalue weighted by Gasteiger charge is -2.03. The van der Waals surface area contributed by atoms with Crippen molar-refractivity contribution in [3.05, 3.63) is 56.7 Å². The molecule has 0 radical (unpaired) electrons. The number of halogens is 1. The molecule has 2 rings (SSSR count). The van der Waals surface area contributed by atoms with Crippen molar-refractivity contribution in [2.45, 2.75) is 6.92 Å². The summed E-state index contributed by atoms with van der Waals surface area (Å²) in [6.45, 7) is 1.94. The number of ketones is 1. The Bertz CT molecular complexity index is 604. The highest BCUT2D eigenvalue weighted by Crippen LogP contribution is 2.15. The molecule has 1 amide bonds. The number of benzene rings is 1. The summed E-state index contributed by atoms with van der Waals surface area (Å²) in [5.74, 6) is -0.362. The fourth-order valence-electron chi connectivity index (χ4n) is 1.54. The third-order valence-corrected chi connectivity index (χ3v) is 3.82. The van der Waals surface area contributed by atoms with Crippen LogP contribution >= 0.6 is 22.9 Å². The van der Waals surface area contributed by atoms with E-state index in [1.165, 1.54) is 11.3 Å². The second-order valence-corrected chi connectivity index (χ2v) is 5.75. The van der Waals surface area contributed by atoms with E-state index in [2.05, 4.69) is 5.32 Å². The molecule has 0 fully saturated rings. The maximum absolute atomic E-state index is 11.8. The molecule has 2 aromatic rings. The van der Waals surface area contributed by atoms with Crippen molar-refractivity contribution in [3.8, 4) is 0 Å². The normalized spacial score (nSPS) is 10.2. The van der Waals surface area contributed by atoms with Gasteiger partial charge in [0.2, 0.25) is 0 Å². The summed E-state index contributed by atoms with van der Waals surface area (Å²) in [7, 11) is 0. The number of aryl methyl sites for hydroxylation is 1. The zero-order chi connectivity index (χ0) is 13.8. The van der Waals surface area contributed by atoms with E-state index in [9.17, 15) is 9.59 Å². The van der Waals surface area contributed by atoms with Gasteiger partial charge in [0, 0.05) is 15.5 Å². The van der Waals surface area contributed by atoms with Crippen molar-refractivity contribution in [1.82, 2.24) is 5.32 Å². The van der Waals surface area contributed by atoms with Crippen molar-refractivity contribution in [1.29, 1.82) is 0 Å². The van der Waals surface area contributed by atoms with Crippen LogP contribution < -0.4 is 5.32 Å². The summed E-state index contributed by atoms with van der Waals surface area (Å²) in [6, 6.07) is 10.2. The molecule has 0 unspecified atom stereocenters. The Hall–Kier alpha value is -1.65. The molecule has 1 N–H and O–H groups in total. The first kappa shape index (κ1) is 13.8. The van der Waals surface area contributed by atoms with Gasteiger partial charge in [0.05, 0.1) is 11.4 Å². The zero-order valence-corrected chi connectivity index (χ0v) is 11.8. The van der Waals surface area contributed by atoms with Crippen molar-refractivity contribution in [2.24, 2.45) is 0 Å². The van der Waals surface area contributed by atoms with Crippen molar-refractivity contribution >= 4 is 34.6 Å². The van der Waals surface area contributed by atoms with Gasteiger partial charge >= 0.3 is 0 Å². The highest BCUT2D eigenvalue weighted by atomic mass is 35.5. The predicted octanol–water partition coefficient (Wildman–Crippen LogP) is 3.32. The minimum Gasteiger partial charge on any atom is -0.345 e. The first-order chi connectivity index (χ1) is 9.06. The minimum atomic E-state index is -0.279. The topological polar surface area (TPSA) is 46.2 Å². The lowest BCUT2D eigenvalue weighted by molar-refractivity contribution is 0.0905. The van der Waals surface area contributed by atoms with Crippen molar-refractivity contribution < 1.29 is 9.59 Å². The number of carbonyl (C=O) groups is 2. The SMILES string of the molecule is Cc1ccc(C(=O)CNC(=O)c2ccc(Cl)cc2)s1. The van der Waals surface area contributed by atoms with E-state index in [0.29, 0.717) is 15.5 Å². The van der Waals surface area contributed by atoms with Gasteiger partial charge in [-0.3, -0.25) is 9.59 Å². The largest absolute Gasteiger partial charge is 0.345 e. The molecule has 0 bridgehead atoms. The van der Waals surface area contributed by atoms with Crippen molar-refractivity contribution in [3.63, 3.8) is 0 Å². The number of Topliss-reactive ketones (excluding diaryl/α,β-unsaturated/α-hetero) is 1. The van der Waals surface area contributed by atoms with Crippen LogP contribution in [0.2, 0.25) is 5.02 Å². The zero-order valence-electron chi connectivity index (χ0n) is 10.3. The van der Waals surface area contributed by atoms with E-state index in [-0.39, 0.29) is 18.2 Å². The average molecular weight is 294 g/mol. The summed E-state index contributed by atoms with van der Waals surface area (Å²) in [4.78, 5) is 25.4. The van der Waals surface area contributed by atoms with Gasteiger partial charge in [-0.2, -0.15) is 0 Å². The van der Waals surface area contributed by atoms with Crippen LogP contribution in [0.3, 0.4) is 0 Å². The lowest BCUT2D eigenvalue weighted by Crippen LogP contribution is -2.29. The molecule has 0 aliphatic carbocycles. The number of hydrogen-bond donors (Lipinski definition) is 1. The molecular formula is C14H12ClNO2S. The summed E-state index contributed by atoms with van der Waals surface area (Å²) in [5, 5.41) is 3.17. The Morgan fingerprint density at radius 2 is 1.84 bits per heavy atom. The highest BCUT2D eigenvalue weighted by molar-refractivity contribution is 7.14. The molecule has 0 saturated heterocycles. The second-order valence-electron chi connectivity index (χ2n) is 4.02. The van der Waals surface area contributed by atoms with Gasteiger partial charge in [-0.15, -0.1) is 11.3 Å². The summed E-state index contributed by atoms with van der Waals surface area (Å²) in [5.41, 5.74) is 0.486. The van der Waals surface area contributed by atoms with Crippen LogP contribution in [-0.2, 0) is 0 Å². The highest BCUT2D eigenvalue weighted by Gasteiger charge is 2.11. The van der Waals surface area contributed by atoms with Crippen LogP contribution in [0.5, 0.6) is 0 Å². The van der Waals surface area contributed by atoms with Crippen LogP contribution in [0.4, 0.5) is 0 Å². The molecule has 1 heterocycles. The number of carbonyl (C=O) groups excluding carboxylic acids is 2. The maximum atomic E-state index is 11.8. The number of thiophene rings is 1. The number of nitrogens with one attached hydrogen (secondary N) is 1. The smallest absolute Gasteiger partial charge is 0.251 e. The van der Waals surface area contributed by atoms with Gasteiger partial charge in [0.25, 0.3) is 5.91 Å². The van der Waals surface area contributed by atoms with Gasteiger partial charge in [0.15, 0.2) is 5.78 Å². The third-order valence-electron chi connectivity index (χ3n) is 2.53. The van der Waals surface area contributed by atoms with Crippen LogP contribution in [0.25, 0.3) is 0 Å². The van der Waals surface area contributed by atoms with Crippen LogP contribution in [0.1, 0.15) is 24.9 Å². The van der Waals surface area contributed by atoms with Gasteiger partial charge in [0.1, 0.15) is 0 Å². The number of rotatable bonds is 4. The number of amides is 1. The fourth-order valence-corrected chi connectivity index (χ4v) is 2.47. The molecule has 5 heteroatoms. The average Bonchev–Trinajstić information content (AvgIpc) is 2.83. The van der Waals surface area contributed by atoms with E-state index >= 15 is 0 Å². The fraction of sp³-hybridized carbons (Fsp3) is 0.143. The van der Waals surface area contributed by atoms with Gasteiger partial charge in [-0.25, -0.2) is 0 Å². The Morgan fingerprint density at radius 3 is 2.42 bits per heavy atom. The molecule has 0 saturated carbocycles. The quantitative estimate of drug-likeness (QED) is 0.879. The molecule has 3 nitrogen and oxygen atoms in total. The predicted molar refractivity (Wildman–Crippen MR) is 77.2 cm³/mol. The van der Waals surface area contributed by atoms with Crippen molar-refractivity contribution in [2.75, 3.05) is 6.54 Å². The second kappa shape index (κ2) is 5.99. The van der Waals surface area contributed by atoms with E-state index in [0.717, 1.165) is 4.88 Å². The van der Waals surface area contributed by atoms with E-state index in [1.807, 2.05) is 13.0 Å². The lowest BCUT2D eigenvalue weighted by atomic mass is 10.2. The van der Waals surface area contributed by atoms with Gasteiger partial charge < -0.3 is 5.32 Å². The standard InChI is InChI=1S/C14H12ClNO2S/c1-9-2-7-13(19-9)12(17)8-16-14(18)10-3-5-11(15)6-4-10/h2-7H,8H2,1H3,(H,16,18). The molecule has 0 spiro atoms. The molecule has 1 aromatic carbocycles. The van der Waals surface area contributed by atoms with E-state index in [1.54, 1.807) is 30.3 Å². The summed E-state index contributed by atoms with van der Waals surface area (Å²) in [6.07, 6.45) is 0. The van der Waals surface area contributed by atoms with E-state index in [4.69, 9.17) is 11.6 Å². The van der Waals surface area contributed by atoms with Crippen LogP contribution in [0, 0.1) is 6.92 Å². The van der Waals surface area contributed by atoms with Gasteiger partial charge in [-0.1, -0.05) is 11.6 Å². The van der Waals surface area contributed by atoms with Crippen LogP contribution in [0.15, 0.2) is 36.4 Å². The Kier molecular flexibility index (Phi) is 4.35. The molecule has 19 heavy (non-hydrogen) atoms. The number of hydrogen-bond acceptors (Lipinski definition) is 3. The monoisotopic (exact) mass is 293 g/mol. The molecular weight excluding hydrogens is 282 g/mol. The first-order valence-corrected chi connectivity index (χ1v) is 6.89. The summed E-state index contributed by atoms with van der Waals surface area (Å²) >= 11 is 7.17. The van der Waals surface area contributed by atoms with Gasteiger partial charge in [-0.05, 0) is 43.3 Å². The van der Waals surface area contributed by atoms with E-state index < -0.39 is 0 Å². The first-order valence-electron chi connectivity index (χ1n) is 5.69. The molecule has 1 aromatic heterocycles. The molecule has 0 aliphatic heterocycles. The summed E-state index contributed by atoms with van der Waals surface area (Å²) < 4.78 is 0. The molecule has 0 aliphatic rings.